The Morgan fingerprint density at radius 3 is 2.79 bits per heavy atom. The normalized spacial score (nSPS) is 13.9. The minimum absolute atomic E-state index is 0.210. The second kappa shape index (κ2) is 6.98. The highest BCUT2D eigenvalue weighted by atomic mass is 16.3. The smallest absolute Gasteiger partial charge is 0.165 e. The van der Waals surface area contributed by atoms with E-state index in [1.807, 2.05) is 41.1 Å². The Kier molecular flexibility index (Phi) is 4.18. The average molecular weight is 371 g/mol. The molecule has 0 amide bonds. The molecule has 0 saturated carbocycles. The SMILES string of the molecule is Oc1ccc(-c2ccccc2)cc1-n1ccnc1-c1cc2n(n1)CCCNC2. The molecular formula is C22H21N5O. The number of imidazole rings is 1. The van der Waals surface area contributed by atoms with Crippen molar-refractivity contribution in [2.75, 3.05) is 6.54 Å². The third-order valence-corrected chi connectivity index (χ3v) is 5.10. The van der Waals surface area contributed by atoms with Crippen molar-refractivity contribution in [2.45, 2.75) is 19.5 Å². The summed E-state index contributed by atoms with van der Waals surface area (Å²) in [5, 5.41) is 18.7. The molecule has 0 radical (unpaired) electrons. The number of phenols is 1. The summed E-state index contributed by atoms with van der Waals surface area (Å²) < 4.78 is 3.95. The molecule has 1 aliphatic rings. The maximum absolute atomic E-state index is 10.5. The first-order valence-electron chi connectivity index (χ1n) is 9.49. The first-order valence-corrected chi connectivity index (χ1v) is 9.49. The second-order valence-electron chi connectivity index (χ2n) is 6.96. The Morgan fingerprint density at radius 1 is 1.00 bits per heavy atom. The molecule has 0 spiro atoms. The van der Waals surface area contributed by atoms with Crippen LogP contribution in [0.4, 0.5) is 0 Å². The van der Waals surface area contributed by atoms with Crippen LogP contribution in [-0.2, 0) is 13.1 Å². The highest BCUT2D eigenvalue weighted by Crippen LogP contribution is 2.31. The fraction of sp³-hybridized carbons (Fsp3) is 0.182. The monoisotopic (exact) mass is 371 g/mol. The van der Waals surface area contributed by atoms with Crippen LogP contribution in [0.5, 0.6) is 5.75 Å². The molecule has 0 saturated heterocycles. The van der Waals surface area contributed by atoms with Crippen LogP contribution in [-0.4, -0.2) is 31.0 Å². The summed E-state index contributed by atoms with van der Waals surface area (Å²) in [5.41, 5.74) is 4.80. The van der Waals surface area contributed by atoms with E-state index in [1.165, 1.54) is 0 Å². The van der Waals surface area contributed by atoms with E-state index in [1.54, 1.807) is 12.3 Å². The van der Waals surface area contributed by atoms with Gasteiger partial charge in [0.15, 0.2) is 5.82 Å². The van der Waals surface area contributed by atoms with Crippen molar-refractivity contribution in [3.8, 4) is 34.1 Å². The van der Waals surface area contributed by atoms with Gasteiger partial charge in [0.25, 0.3) is 0 Å². The average Bonchev–Trinajstić information content (AvgIpc) is 3.31. The number of rotatable bonds is 3. The zero-order valence-electron chi connectivity index (χ0n) is 15.4. The van der Waals surface area contributed by atoms with Crippen LogP contribution in [0.25, 0.3) is 28.3 Å². The number of hydrogen-bond acceptors (Lipinski definition) is 4. The van der Waals surface area contributed by atoms with Gasteiger partial charge in [0, 0.05) is 25.5 Å². The highest BCUT2D eigenvalue weighted by molar-refractivity contribution is 5.69. The number of fused-ring (bicyclic) bond motifs is 1. The number of nitrogens with one attached hydrogen (secondary N) is 1. The van der Waals surface area contributed by atoms with Crippen molar-refractivity contribution in [1.82, 2.24) is 24.6 Å². The molecule has 6 heteroatoms. The molecular weight excluding hydrogens is 350 g/mol. The Balaban J connectivity index is 1.58. The van der Waals surface area contributed by atoms with Gasteiger partial charge in [-0.25, -0.2) is 4.98 Å². The number of phenolic OH excluding ortho intramolecular Hbond substituents is 1. The number of aryl methyl sites for hydroxylation is 1. The van der Waals surface area contributed by atoms with E-state index in [2.05, 4.69) is 33.2 Å². The first-order chi connectivity index (χ1) is 13.8. The van der Waals surface area contributed by atoms with Crippen LogP contribution in [0.15, 0.2) is 67.0 Å². The van der Waals surface area contributed by atoms with Crippen molar-refractivity contribution >= 4 is 0 Å². The molecule has 3 heterocycles. The summed E-state index contributed by atoms with van der Waals surface area (Å²) in [6.07, 6.45) is 4.66. The summed E-state index contributed by atoms with van der Waals surface area (Å²) in [6.45, 7) is 2.72. The van der Waals surface area contributed by atoms with Crippen LogP contribution in [0.1, 0.15) is 12.1 Å². The summed E-state index contributed by atoms with van der Waals surface area (Å²) in [7, 11) is 0. The van der Waals surface area contributed by atoms with Gasteiger partial charge in [-0.3, -0.25) is 9.25 Å². The molecule has 28 heavy (non-hydrogen) atoms. The lowest BCUT2D eigenvalue weighted by Gasteiger charge is -2.11. The zero-order valence-corrected chi connectivity index (χ0v) is 15.4. The van der Waals surface area contributed by atoms with Gasteiger partial charge < -0.3 is 10.4 Å². The van der Waals surface area contributed by atoms with Gasteiger partial charge >= 0.3 is 0 Å². The van der Waals surface area contributed by atoms with Crippen LogP contribution >= 0.6 is 0 Å². The standard InChI is InChI=1S/C22H21N5O/c28-21-8-7-17(16-5-2-1-3-6-16)13-20(21)26-12-10-24-22(26)19-14-18-15-23-9-4-11-27(18)25-19/h1-3,5-8,10,12-14,23,28H,4,9,11,15H2. The summed E-state index contributed by atoms with van der Waals surface area (Å²) in [6, 6.07) is 17.9. The molecule has 5 rings (SSSR count). The van der Waals surface area contributed by atoms with Gasteiger partial charge in [0.2, 0.25) is 0 Å². The molecule has 2 aromatic carbocycles. The number of benzene rings is 2. The quantitative estimate of drug-likeness (QED) is 0.577. The van der Waals surface area contributed by atoms with E-state index in [4.69, 9.17) is 5.10 Å². The van der Waals surface area contributed by atoms with Gasteiger partial charge in [-0.05, 0) is 42.3 Å². The lowest BCUT2D eigenvalue weighted by molar-refractivity contribution is 0.472. The van der Waals surface area contributed by atoms with E-state index in [9.17, 15) is 5.11 Å². The highest BCUT2D eigenvalue weighted by Gasteiger charge is 2.17. The zero-order chi connectivity index (χ0) is 18.9. The number of hydrogen-bond donors (Lipinski definition) is 2. The third kappa shape index (κ3) is 2.97. The second-order valence-corrected chi connectivity index (χ2v) is 6.96. The Bertz CT molecular complexity index is 1090. The maximum atomic E-state index is 10.5. The van der Waals surface area contributed by atoms with Gasteiger partial charge in [0.1, 0.15) is 11.4 Å². The third-order valence-electron chi connectivity index (χ3n) is 5.10. The lowest BCUT2D eigenvalue weighted by atomic mass is 10.0. The van der Waals surface area contributed by atoms with E-state index in [0.29, 0.717) is 5.69 Å². The topological polar surface area (TPSA) is 67.9 Å². The van der Waals surface area contributed by atoms with Crippen molar-refractivity contribution in [3.05, 3.63) is 72.7 Å². The molecule has 1 aliphatic heterocycles. The van der Waals surface area contributed by atoms with E-state index in [-0.39, 0.29) is 5.75 Å². The van der Waals surface area contributed by atoms with E-state index in [0.717, 1.165) is 54.4 Å². The minimum Gasteiger partial charge on any atom is -0.506 e. The van der Waals surface area contributed by atoms with Crippen molar-refractivity contribution < 1.29 is 5.11 Å². The maximum Gasteiger partial charge on any atom is 0.165 e. The molecule has 4 aromatic rings. The molecule has 2 N–H and O–H groups in total. The van der Waals surface area contributed by atoms with Gasteiger partial charge in [0.05, 0.1) is 11.4 Å². The molecule has 0 atom stereocenters. The fourth-order valence-electron chi connectivity index (χ4n) is 3.68. The predicted octanol–water partition coefficient (Wildman–Crippen LogP) is 3.60. The van der Waals surface area contributed by atoms with Crippen LogP contribution in [0, 0.1) is 0 Å². The predicted molar refractivity (Wildman–Crippen MR) is 108 cm³/mol. The van der Waals surface area contributed by atoms with Gasteiger partial charge in [-0.1, -0.05) is 36.4 Å². The Labute approximate surface area is 163 Å². The molecule has 0 fully saturated rings. The van der Waals surface area contributed by atoms with Crippen LogP contribution in [0.3, 0.4) is 0 Å². The molecule has 6 nitrogen and oxygen atoms in total. The van der Waals surface area contributed by atoms with Gasteiger partial charge in [-0.2, -0.15) is 5.10 Å². The first kappa shape index (κ1) is 16.8. The minimum atomic E-state index is 0.210. The van der Waals surface area contributed by atoms with Crippen molar-refractivity contribution in [2.24, 2.45) is 0 Å². The number of aromatic nitrogens is 4. The summed E-state index contributed by atoms with van der Waals surface area (Å²) in [5.74, 6) is 0.933. The lowest BCUT2D eigenvalue weighted by Crippen LogP contribution is -2.11. The number of aromatic hydroxyl groups is 1. The van der Waals surface area contributed by atoms with Crippen LogP contribution in [0.2, 0.25) is 0 Å². The van der Waals surface area contributed by atoms with E-state index < -0.39 is 0 Å². The molecule has 0 aliphatic carbocycles. The Morgan fingerprint density at radius 2 is 1.89 bits per heavy atom. The molecule has 140 valence electrons. The summed E-state index contributed by atoms with van der Waals surface area (Å²) >= 11 is 0. The van der Waals surface area contributed by atoms with Crippen molar-refractivity contribution in [1.29, 1.82) is 0 Å². The largest absolute Gasteiger partial charge is 0.506 e. The fourth-order valence-corrected chi connectivity index (χ4v) is 3.68. The summed E-state index contributed by atoms with van der Waals surface area (Å²) in [4.78, 5) is 4.53. The van der Waals surface area contributed by atoms with E-state index >= 15 is 0 Å². The van der Waals surface area contributed by atoms with Crippen molar-refractivity contribution in [3.63, 3.8) is 0 Å². The Hall–Kier alpha value is -3.38. The molecule has 2 aromatic heterocycles. The van der Waals surface area contributed by atoms with Crippen LogP contribution < -0.4 is 5.32 Å². The van der Waals surface area contributed by atoms with Gasteiger partial charge in [-0.15, -0.1) is 0 Å². The number of nitrogens with zero attached hydrogens (tertiary/aromatic N) is 4. The molecule has 0 unspecified atom stereocenters. The molecule has 0 bridgehead atoms.